The highest BCUT2D eigenvalue weighted by Crippen LogP contribution is 2.18. The fourth-order valence-electron chi connectivity index (χ4n) is 2.25. The number of benzene rings is 1. The second kappa shape index (κ2) is 9.72. The number of aromatic nitrogens is 1. The van der Waals surface area contributed by atoms with Crippen LogP contribution in [0.2, 0.25) is 0 Å². The monoisotopic (exact) mass is 376 g/mol. The summed E-state index contributed by atoms with van der Waals surface area (Å²) in [7, 11) is 1.54. The van der Waals surface area contributed by atoms with Gasteiger partial charge in [-0.2, -0.15) is 0 Å². The van der Waals surface area contributed by atoms with Gasteiger partial charge in [0.25, 0.3) is 5.91 Å². The number of methoxy groups -OCH3 is 1. The third-order valence-electron chi connectivity index (χ3n) is 3.91. The number of nitrogens with one attached hydrogen (secondary N) is 1. The Bertz CT molecular complexity index is 750. The first kappa shape index (κ1) is 20.4. The van der Waals surface area contributed by atoms with Crippen molar-refractivity contribution in [2.24, 2.45) is 0 Å². The molecule has 8 nitrogen and oxygen atoms in total. The van der Waals surface area contributed by atoms with Gasteiger partial charge in [-0.15, -0.1) is 0 Å². The van der Waals surface area contributed by atoms with Crippen molar-refractivity contribution in [2.75, 3.05) is 20.3 Å². The van der Waals surface area contributed by atoms with Gasteiger partial charge < -0.3 is 24.1 Å². The summed E-state index contributed by atoms with van der Waals surface area (Å²) in [5, 5.41) is 6.49. The lowest BCUT2D eigenvalue weighted by Gasteiger charge is -2.13. The van der Waals surface area contributed by atoms with Gasteiger partial charge in [0.15, 0.2) is 6.10 Å². The van der Waals surface area contributed by atoms with Crippen LogP contribution >= 0.6 is 0 Å². The highest BCUT2D eigenvalue weighted by molar-refractivity contribution is 5.92. The molecule has 8 heteroatoms. The van der Waals surface area contributed by atoms with Crippen molar-refractivity contribution >= 4 is 11.9 Å². The Balaban J connectivity index is 1.86. The van der Waals surface area contributed by atoms with Gasteiger partial charge in [0.05, 0.1) is 23.4 Å². The molecular formula is C19H24N2O6. The lowest BCUT2D eigenvalue weighted by atomic mass is 10.2. The molecule has 0 spiro atoms. The maximum atomic E-state index is 12.1. The van der Waals surface area contributed by atoms with Crippen molar-refractivity contribution in [3.8, 4) is 5.75 Å². The summed E-state index contributed by atoms with van der Waals surface area (Å²) in [4.78, 5) is 24.0. The molecule has 146 valence electrons. The zero-order valence-electron chi connectivity index (χ0n) is 15.9. The van der Waals surface area contributed by atoms with E-state index in [1.54, 1.807) is 24.3 Å². The molecule has 0 unspecified atom stereocenters. The predicted octanol–water partition coefficient (Wildman–Crippen LogP) is 2.18. The van der Waals surface area contributed by atoms with E-state index in [1.165, 1.54) is 14.0 Å². The normalized spacial score (nSPS) is 11.7. The molecule has 0 aliphatic carbocycles. The van der Waals surface area contributed by atoms with Gasteiger partial charge in [-0.25, -0.2) is 4.79 Å². The fourth-order valence-corrected chi connectivity index (χ4v) is 2.25. The molecule has 1 atom stereocenters. The van der Waals surface area contributed by atoms with Crippen LogP contribution in [0.1, 0.15) is 34.3 Å². The first-order chi connectivity index (χ1) is 12.9. The van der Waals surface area contributed by atoms with Crippen molar-refractivity contribution in [3.05, 3.63) is 46.8 Å². The molecule has 1 amide bonds. The number of rotatable bonds is 9. The fraction of sp³-hybridized carbons (Fsp3) is 0.421. The number of hydrogen-bond acceptors (Lipinski definition) is 7. The van der Waals surface area contributed by atoms with Gasteiger partial charge >= 0.3 is 5.97 Å². The molecule has 1 heterocycles. The summed E-state index contributed by atoms with van der Waals surface area (Å²) in [5.41, 5.74) is 2.01. The molecule has 2 rings (SSSR count). The Hall–Kier alpha value is -2.87. The molecular weight excluding hydrogens is 352 g/mol. The molecule has 0 radical (unpaired) electrons. The number of hydrogen-bond donors (Lipinski definition) is 1. The first-order valence-corrected chi connectivity index (χ1v) is 8.54. The van der Waals surface area contributed by atoms with Crippen molar-refractivity contribution in [1.82, 2.24) is 10.5 Å². The number of aryl methyl sites for hydroxylation is 2. The molecule has 1 aromatic heterocycles. The molecule has 27 heavy (non-hydrogen) atoms. The lowest BCUT2D eigenvalue weighted by molar-refractivity contribution is -0.129. The second-order valence-corrected chi connectivity index (χ2v) is 5.95. The van der Waals surface area contributed by atoms with Crippen molar-refractivity contribution in [3.63, 3.8) is 0 Å². The van der Waals surface area contributed by atoms with Crippen molar-refractivity contribution < 1.29 is 28.3 Å². The molecule has 0 saturated heterocycles. The van der Waals surface area contributed by atoms with Crippen LogP contribution in [0.25, 0.3) is 0 Å². The van der Waals surface area contributed by atoms with E-state index in [4.69, 9.17) is 18.7 Å². The minimum absolute atomic E-state index is 0.323. The summed E-state index contributed by atoms with van der Waals surface area (Å²) in [6.07, 6.45) is -0.898. The maximum absolute atomic E-state index is 12.1. The Morgan fingerprint density at radius 1 is 1.22 bits per heavy atom. The van der Waals surface area contributed by atoms with E-state index in [1.807, 2.05) is 13.8 Å². The SMILES string of the molecule is COCCNC(=O)[C@@H](C)OC(=O)c1ccc(OCc2c(C)noc2C)cc1. The van der Waals surface area contributed by atoms with Gasteiger partial charge in [-0.1, -0.05) is 5.16 Å². The Morgan fingerprint density at radius 3 is 2.52 bits per heavy atom. The Kier molecular flexibility index (Phi) is 7.36. The van der Waals surface area contributed by atoms with E-state index in [-0.39, 0.29) is 5.91 Å². The van der Waals surface area contributed by atoms with Crippen LogP contribution in [0.5, 0.6) is 5.75 Å². The quantitative estimate of drug-likeness (QED) is 0.529. The van der Waals surface area contributed by atoms with Crippen LogP contribution in [-0.2, 0) is 20.9 Å². The Labute approximate surface area is 157 Å². The standard InChI is InChI=1S/C19H24N2O6/c1-12-17(13(2)27-21-12)11-25-16-7-5-15(6-8-16)19(23)26-14(3)18(22)20-9-10-24-4/h5-8,14H,9-11H2,1-4H3,(H,20,22)/t14-/m1/s1. The number of ether oxygens (including phenoxy) is 3. The predicted molar refractivity (Wildman–Crippen MR) is 96.5 cm³/mol. The van der Waals surface area contributed by atoms with E-state index in [0.717, 1.165) is 11.3 Å². The molecule has 0 fully saturated rings. The smallest absolute Gasteiger partial charge is 0.338 e. The minimum atomic E-state index is -0.898. The number of esters is 1. The molecule has 2 aromatic rings. The molecule has 0 aliphatic rings. The molecule has 0 aliphatic heterocycles. The number of amides is 1. The molecule has 1 N–H and O–H groups in total. The highest BCUT2D eigenvalue weighted by atomic mass is 16.5. The minimum Gasteiger partial charge on any atom is -0.489 e. The van der Waals surface area contributed by atoms with E-state index >= 15 is 0 Å². The molecule has 1 aromatic carbocycles. The summed E-state index contributed by atoms with van der Waals surface area (Å²) in [6, 6.07) is 6.50. The summed E-state index contributed by atoms with van der Waals surface area (Å²) >= 11 is 0. The van der Waals surface area contributed by atoms with Crippen molar-refractivity contribution in [2.45, 2.75) is 33.5 Å². The molecule has 0 bridgehead atoms. The van der Waals surface area contributed by atoms with Gasteiger partial charge in [0.1, 0.15) is 18.1 Å². The largest absolute Gasteiger partial charge is 0.489 e. The third kappa shape index (κ3) is 5.82. The van der Waals surface area contributed by atoms with Gasteiger partial charge in [0, 0.05) is 13.7 Å². The number of nitrogens with zero attached hydrogens (tertiary/aromatic N) is 1. The van der Waals surface area contributed by atoms with Crippen LogP contribution in [-0.4, -0.2) is 43.4 Å². The van der Waals surface area contributed by atoms with E-state index in [2.05, 4.69) is 10.5 Å². The first-order valence-electron chi connectivity index (χ1n) is 8.54. The van der Waals surface area contributed by atoms with Crippen LogP contribution in [0.15, 0.2) is 28.8 Å². The summed E-state index contributed by atoms with van der Waals surface area (Å²) in [6.45, 7) is 6.26. The molecule has 0 saturated carbocycles. The maximum Gasteiger partial charge on any atom is 0.338 e. The van der Waals surface area contributed by atoms with E-state index in [0.29, 0.717) is 36.8 Å². The Morgan fingerprint density at radius 2 is 1.93 bits per heavy atom. The highest BCUT2D eigenvalue weighted by Gasteiger charge is 2.18. The number of carbonyl (C=O) groups excluding carboxylic acids is 2. The van der Waals surface area contributed by atoms with Crippen LogP contribution in [0.4, 0.5) is 0 Å². The lowest BCUT2D eigenvalue weighted by Crippen LogP contribution is -2.37. The zero-order valence-corrected chi connectivity index (χ0v) is 15.9. The second-order valence-electron chi connectivity index (χ2n) is 5.95. The van der Waals surface area contributed by atoms with Gasteiger partial charge in [0.2, 0.25) is 0 Å². The number of carbonyl (C=O) groups is 2. The zero-order chi connectivity index (χ0) is 19.8. The average Bonchev–Trinajstić information content (AvgIpc) is 2.98. The van der Waals surface area contributed by atoms with Crippen LogP contribution < -0.4 is 10.1 Å². The average molecular weight is 376 g/mol. The van der Waals surface area contributed by atoms with E-state index < -0.39 is 12.1 Å². The third-order valence-corrected chi connectivity index (χ3v) is 3.91. The van der Waals surface area contributed by atoms with Crippen LogP contribution in [0.3, 0.4) is 0 Å². The summed E-state index contributed by atoms with van der Waals surface area (Å²) in [5.74, 6) is 0.351. The van der Waals surface area contributed by atoms with Gasteiger partial charge in [-0.3, -0.25) is 4.79 Å². The topological polar surface area (TPSA) is 99.9 Å². The van der Waals surface area contributed by atoms with Crippen molar-refractivity contribution in [1.29, 1.82) is 0 Å². The van der Waals surface area contributed by atoms with Gasteiger partial charge in [-0.05, 0) is 45.0 Å². The summed E-state index contributed by atoms with van der Waals surface area (Å²) < 4.78 is 20.8. The van der Waals surface area contributed by atoms with E-state index in [9.17, 15) is 9.59 Å². The van der Waals surface area contributed by atoms with Crippen LogP contribution in [0, 0.1) is 13.8 Å².